The molecule has 0 aliphatic rings. The molecule has 0 aliphatic heterocycles. The van der Waals surface area contributed by atoms with Crippen LogP contribution in [0.15, 0.2) is 36.9 Å². The van der Waals surface area contributed by atoms with Crippen molar-refractivity contribution in [1.82, 2.24) is 0 Å². The quantitative estimate of drug-likeness (QED) is 0.169. The van der Waals surface area contributed by atoms with Gasteiger partial charge < -0.3 is 4.74 Å². The molecule has 0 saturated heterocycles. The summed E-state index contributed by atoms with van der Waals surface area (Å²) >= 11 is 0. The highest BCUT2D eigenvalue weighted by Gasteiger charge is 2.37. The molecule has 0 aromatic heterocycles. The molecule has 2 rings (SSSR count). The van der Waals surface area contributed by atoms with E-state index in [1.54, 1.807) is 19.9 Å². The predicted molar refractivity (Wildman–Crippen MR) is 114 cm³/mol. The summed E-state index contributed by atoms with van der Waals surface area (Å²) in [4.78, 5) is 12.2. The van der Waals surface area contributed by atoms with Crippen LogP contribution < -0.4 is 0 Å². The van der Waals surface area contributed by atoms with Crippen LogP contribution in [0.1, 0.15) is 61.3 Å². The van der Waals surface area contributed by atoms with Crippen LogP contribution in [0.2, 0.25) is 0 Å². The van der Waals surface area contributed by atoms with Crippen LogP contribution in [0.4, 0.5) is 22.0 Å². The molecule has 0 heterocycles. The Morgan fingerprint density at radius 3 is 2.44 bits per heavy atom. The van der Waals surface area contributed by atoms with Gasteiger partial charge in [0.05, 0.1) is 18.1 Å². The molecule has 2 aromatic carbocycles. The fourth-order valence-electron chi connectivity index (χ4n) is 3.73. The van der Waals surface area contributed by atoms with Gasteiger partial charge in [-0.15, -0.1) is 6.58 Å². The van der Waals surface area contributed by atoms with Gasteiger partial charge in [0.25, 0.3) is 0 Å². The van der Waals surface area contributed by atoms with Crippen LogP contribution in [-0.4, -0.2) is 12.6 Å². The monoisotopic (exact) mass is 454 g/mol. The van der Waals surface area contributed by atoms with Crippen molar-refractivity contribution in [2.45, 2.75) is 58.5 Å². The van der Waals surface area contributed by atoms with Gasteiger partial charge in [0, 0.05) is 5.56 Å². The predicted octanol–water partition coefficient (Wildman–Crippen LogP) is 7.52. The van der Waals surface area contributed by atoms with Crippen LogP contribution in [0.5, 0.6) is 0 Å². The fourth-order valence-corrected chi connectivity index (χ4v) is 3.73. The van der Waals surface area contributed by atoms with Crippen molar-refractivity contribution in [2.75, 3.05) is 6.61 Å². The lowest BCUT2D eigenvalue weighted by molar-refractivity contribution is -0.145. The molecule has 0 aliphatic carbocycles. The van der Waals surface area contributed by atoms with E-state index in [1.807, 2.05) is 0 Å². The number of benzene rings is 2. The van der Waals surface area contributed by atoms with Gasteiger partial charge >= 0.3 is 12.1 Å². The summed E-state index contributed by atoms with van der Waals surface area (Å²) in [6.07, 6.45) is -0.539. The summed E-state index contributed by atoms with van der Waals surface area (Å²) in [5.74, 6) is -4.07. The third kappa shape index (κ3) is 5.96. The number of hydrogen-bond acceptors (Lipinski definition) is 2. The van der Waals surface area contributed by atoms with Gasteiger partial charge in [0.15, 0.2) is 0 Å². The molecule has 0 radical (unpaired) electrons. The number of alkyl halides is 3. The molecule has 0 spiro atoms. The molecule has 0 N–H and O–H groups in total. The molecule has 1 atom stereocenters. The van der Waals surface area contributed by atoms with E-state index in [4.69, 9.17) is 4.74 Å². The number of aryl methyl sites for hydroxylation is 2. The number of carbonyl (C=O) groups is 1. The summed E-state index contributed by atoms with van der Waals surface area (Å²) in [5.41, 5.74) is -0.426. The zero-order chi connectivity index (χ0) is 24.1. The van der Waals surface area contributed by atoms with E-state index in [0.717, 1.165) is 18.9 Å². The number of hydrogen-bond donors (Lipinski definition) is 0. The third-order valence-electron chi connectivity index (χ3n) is 5.29. The molecular formula is C25H27F5O2. The number of ether oxygens (including phenoxy) is 1. The maximum Gasteiger partial charge on any atom is 0.419 e. The number of rotatable bonds is 9. The van der Waals surface area contributed by atoms with Crippen LogP contribution in [0, 0.1) is 18.6 Å². The maximum atomic E-state index is 14.9. The second kappa shape index (κ2) is 10.7. The van der Waals surface area contributed by atoms with Gasteiger partial charge in [-0.1, -0.05) is 6.08 Å². The maximum absolute atomic E-state index is 14.9. The van der Waals surface area contributed by atoms with Crippen molar-refractivity contribution >= 4 is 5.97 Å². The molecule has 0 bridgehead atoms. The lowest BCUT2D eigenvalue weighted by atomic mass is 9.87. The van der Waals surface area contributed by atoms with Gasteiger partial charge in [-0.25, -0.2) is 8.78 Å². The third-order valence-corrected chi connectivity index (χ3v) is 5.29. The average Bonchev–Trinajstić information content (AvgIpc) is 2.70. The zero-order valence-corrected chi connectivity index (χ0v) is 18.4. The molecule has 32 heavy (non-hydrogen) atoms. The average molecular weight is 454 g/mol. The van der Waals surface area contributed by atoms with Gasteiger partial charge in [-0.05, 0) is 93.0 Å². The van der Waals surface area contributed by atoms with E-state index in [-0.39, 0.29) is 12.2 Å². The van der Waals surface area contributed by atoms with E-state index >= 15 is 0 Å². The number of carbonyl (C=O) groups excluding carboxylic acids is 1. The minimum absolute atomic E-state index is 0.0164. The zero-order valence-electron chi connectivity index (χ0n) is 18.4. The Labute approximate surface area is 185 Å². The highest BCUT2D eigenvalue weighted by Crippen LogP contribution is 2.40. The Balaban J connectivity index is 2.70. The summed E-state index contributed by atoms with van der Waals surface area (Å²) in [5, 5.41) is 0. The molecular weight excluding hydrogens is 427 g/mol. The van der Waals surface area contributed by atoms with E-state index in [9.17, 15) is 26.7 Å². The normalized spacial score (nSPS) is 12.5. The Morgan fingerprint density at radius 1 is 1.16 bits per heavy atom. The second-order valence-electron chi connectivity index (χ2n) is 7.69. The SMILES string of the molecule is C=CCCCCc1cc(F)cc(C)c1-c1cc(C(C)C(=O)OCC)c(F)c(C(F)(F)F)c1. The van der Waals surface area contributed by atoms with Gasteiger partial charge in [0.2, 0.25) is 0 Å². The molecule has 0 amide bonds. The summed E-state index contributed by atoms with van der Waals surface area (Å²) in [6, 6.07) is 4.48. The van der Waals surface area contributed by atoms with Crippen LogP contribution >= 0.6 is 0 Å². The Bertz CT molecular complexity index is 979. The fraction of sp³-hybridized carbons (Fsp3) is 0.400. The Kier molecular flexibility index (Phi) is 8.58. The number of esters is 1. The summed E-state index contributed by atoms with van der Waals surface area (Å²) in [6.45, 7) is 8.12. The van der Waals surface area contributed by atoms with Crippen molar-refractivity contribution in [2.24, 2.45) is 0 Å². The minimum atomic E-state index is -4.97. The molecule has 0 saturated carbocycles. The number of halogens is 5. The van der Waals surface area contributed by atoms with Crippen molar-refractivity contribution in [3.63, 3.8) is 0 Å². The van der Waals surface area contributed by atoms with E-state index in [1.165, 1.54) is 25.1 Å². The minimum Gasteiger partial charge on any atom is -0.466 e. The largest absolute Gasteiger partial charge is 0.466 e. The van der Waals surface area contributed by atoms with Crippen molar-refractivity contribution in [3.05, 3.63) is 70.8 Å². The summed E-state index contributed by atoms with van der Waals surface area (Å²) in [7, 11) is 0. The van der Waals surface area contributed by atoms with Crippen molar-refractivity contribution in [1.29, 1.82) is 0 Å². The lowest BCUT2D eigenvalue weighted by Crippen LogP contribution is -2.18. The standard InChI is InChI=1S/C25H27F5O2/c1-5-7-8-9-10-17-12-19(26)11-15(3)22(17)18-13-20(16(4)24(31)32-6-2)23(27)21(14-18)25(28,29)30/h5,11-14,16H,1,6-10H2,2-4H3. The number of unbranched alkanes of at least 4 members (excludes halogenated alkanes) is 2. The van der Waals surface area contributed by atoms with Crippen molar-refractivity contribution < 1.29 is 31.5 Å². The molecule has 174 valence electrons. The molecule has 2 nitrogen and oxygen atoms in total. The van der Waals surface area contributed by atoms with Crippen LogP contribution in [0.3, 0.4) is 0 Å². The van der Waals surface area contributed by atoms with Crippen molar-refractivity contribution in [3.8, 4) is 11.1 Å². The van der Waals surface area contributed by atoms with E-state index < -0.39 is 40.8 Å². The first-order chi connectivity index (χ1) is 15.0. The first kappa shape index (κ1) is 25.6. The highest BCUT2D eigenvalue weighted by molar-refractivity contribution is 5.80. The Morgan fingerprint density at radius 2 is 1.84 bits per heavy atom. The van der Waals surface area contributed by atoms with E-state index in [0.29, 0.717) is 29.5 Å². The first-order valence-electron chi connectivity index (χ1n) is 10.5. The van der Waals surface area contributed by atoms with Crippen LogP contribution in [-0.2, 0) is 22.1 Å². The van der Waals surface area contributed by atoms with Gasteiger partial charge in [-0.3, -0.25) is 4.79 Å². The molecule has 2 aromatic rings. The molecule has 0 fully saturated rings. The number of allylic oxidation sites excluding steroid dienone is 1. The summed E-state index contributed by atoms with van der Waals surface area (Å²) < 4.78 is 74.9. The van der Waals surface area contributed by atoms with Gasteiger partial charge in [0.1, 0.15) is 11.6 Å². The second-order valence-corrected chi connectivity index (χ2v) is 7.69. The van der Waals surface area contributed by atoms with E-state index in [2.05, 4.69) is 6.58 Å². The Hall–Kier alpha value is -2.70. The smallest absolute Gasteiger partial charge is 0.419 e. The van der Waals surface area contributed by atoms with Gasteiger partial charge in [-0.2, -0.15) is 13.2 Å². The lowest BCUT2D eigenvalue weighted by Gasteiger charge is -2.20. The highest BCUT2D eigenvalue weighted by atomic mass is 19.4. The molecule has 7 heteroatoms. The molecule has 1 unspecified atom stereocenters. The first-order valence-corrected chi connectivity index (χ1v) is 10.5. The van der Waals surface area contributed by atoms with Crippen LogP contribution in [0.25, 0.3) is 11.1 Å². The topological polar surface area (TPSA) is 26.3 Å².